The SMILES string of the molecule is O=C(CCCC(O)CN1CCOCC1)OCc1ccccc1. The number of benzene rings is 1. The van der Waals surface area contributed by atoms with Crippen molar-refractivity contribution in [2.45, 2.75) is 32.0 Å². The molecule has 0 spiro atoms. The van der Waals surface area contributed by atoms with Crippen LogP contribution in [0.25, 0.3) is 0 Å². The van der Waals surface area contributed by atoms with Crippen LogP contribution in [0, 0.1) is 0 Å². The van der Waals surface area contributed by atoms with Gasteiger partial charge in [-0.2, -0.15) is 0 Å². The van der Waals surface area contributed by atoms with Crippen LogP contribution >= 0.6 is 0 Å². The zero-order valence-electron chi connectivity index (χ0n) is 12.9. The van der Waals surface area contributed by atoms with Gasteiger partial charge in [-0.15, -0.1) is 0 Å². The Labute approximate surface area is 131 Å². The Morgan fingerprint density at radius 1 is 1.27 bits per heavy atom. The van der Waals surface area contributed by atoms with Crippen LogP contribution in [0.1, 0.15) is 24.8 Å². The van der Waals surface area contributed by atoms with Gasteiger partial charge >= 0.3 is 5.97 Å². The zero-order valence-corrected chi connectivity index (χ0v) is 12.9. The van der Waals surface area contributed by atoms with Crippen LogP contribution in [-0.4, -0.2) is 54.9 Å². The van der Waals surface area contributed by atoms with E-state index < -0.39 is 0 Å². The number of nitrogens with zero attached hydrogens (tertiary/aromatic N) is 1. The summed E-state index contributed by atoms with van der Waals surface area (Å²) >= 11 is 0. The quantitative estimate of drug-likeness (QED) is 0.739. The van der Waals surface area contributed by atoms with Gasteiger partial charge in [0.05, 0.1) is 19.3 Å². The van der Waals surface area contributed by atoms with Gasteiger partial charge in [-0.3, -0.25) is 9.69 Å². The topological polar surface area (TPSA) is 59.0 Å². The fourth-order valence-electron chi connectivity index (χ4n) is 2.47. The molecule has 1 aliphatic rings. The maximum atomic E-state index is 11.7. The third-order valence-corrected chi connectivity index (χ3v) is 3.73. The molecule has 1 N–H and O–H groups in total. The van der Waals surface area contributed by atoms with Gasteiger partial charge in [0.2, 0.25) is 0 Å². The third-order valence-electron chi connectivity index (χ3n) is 3.73. The number of morpholine rings is 1. The second-order valence-electron chi connectivity index (χ2n) is 5.61. The lowest BCUT2D eigenvalue weighted by Gasteiger charge is -2.28. The highest BCUT2D eigenvalue weighted by Crippen LogP contribution is 2.07. The van der Waals surface area contributed by atoms with E-state index in [1.165, 1.54) is 0 Å². The molecule has 122 valence electrons. The summed E-state index contributed by atoms with van der Waals surface area (Å²) in [5, 5.41) is 9.99. The fraction of sp³-hybridized carbons (Fsp3) is 0.588. The lowest BCUT2D eigenvalue weighted by atomic mass is 10.1. The molecule has 1 unspecified atom stereocenters. The van der Waals surface area contributed by atoms with Crippen LogP contribution in [0.2, 0.25) is 0 Å². The summed E-state index contributed by atoms with van der Waals surface area (Å²) in [4.78, 5) is 13.9. The highest BCUT2D eigenvalue weighted by molar-refractivity contribution is 5.69. The van der Waals surface area contributed by atoms with Crippen LogP contribution in [0.5, 0.6) is 0 Å². The minimum absolute atomic E-state index is 0.206. The number of aliphatic hydroxyl groups excluding tert-OH is 1. The predicted octanol–water partition coefficient (Wildman–Crippen LogP) is 1.59. The van der Waals surface area contributed by atoms with E-state index in [0.717, 1.165) is 31.9 Å². The number of carbonyl (C=O) groups excluding carboxylic acids is 1. The van der Waals surface area contributed by atoms with Crippen LogP contribution in [0.15, 0.2) is 30.3 Å². The number of hydrogen-bond acceptors (Lipinski definition) is 5. The highest BCUT2D eigenvalue weighted by Gasteiger charge is 2.15. The summed E-state index contributed by atoms with van der Waals surface area (Å²) in [5.74, 6) is -0.206. The first-order valence-electron chi connectivity index (χ1n) is 7.92. The van der Waals surface area contributed by atoms with Crippen LogP contribution in [-0.2, 0) is 20.9 Å². The largest absolute Gasteiger partial charge is 0.461 e. The Morgan fingerprint density at radius 3 is 2.73 bits per heavy atom. The summed E-state index contributed by atoms with van der Waals surface area (Å²) in [6.45, 7) is 4.18. The molecule has 1 aromatic carbocycles. The molecular weight excluding hydrogens is 282 g/mol. The Morgan fingerprint density at radius 2 is 2.00 bits per heavy atom. The number of esters is 1. The van der Waals surface area contributed by atoms with Gasteiger partial charge < -0.3 is 14.6 Å². The number of β-amino-alcohol motifs (C(OH)–C–C–N with tert-alkyl or cyclic N) is 1. The number of aliphatic hydroxyl groups is 1. The molecule has 0 aromatic heterocycles. The molecule has 1 fully saturated rings. The van der Waals surface area contributed by atoms with Gasteiger partial charge in [-0.25, -0.2) is 0 Å². The van der Waals surface area contributed by atoms with Crippen molar-refractivity contribution in [1.82, 2.24) is 4.90 Å². The molecule has 2 rings (SSSR count). The molecule has 1 aromatic rings. The predicted molar refractivity (Wildman–Crippen MR) is 83.4 cm³/mol. The minimum Gasteiger partial charge on any atom is -0.461 e. The summed E-state index contributed by atoms with van der Waals surface area (Å²) in [5.41, 5.74) is 0.989. The molecule has 5 heteroatoms. The first kappa shape index (κ1) is 16.9. The van der Waals surface area contributed by atoms with E-state index in [9.17, 15) is 9.90 Å². The molecular formula is C17H25NO4. The zero-order chi connectivity index (χ0) is 15.6. The first-order valence-corrected chi connectivity index (χ1v) is 7.92. The average molecular weight is 307 g/mol. The number of hydrogen-bond donors (Lipinski definition) is 1. The van der Waals surface area contributed by atoms with E-state index in [4.69, 9.17) is 9.47 Å². The van der Waals surface area contributed by atoms with Crippen molar-refractivity contribution in [3.8, 4) is 0 Å². The van der Waals surface area contributed by atoms with E-state index in [2.05, 4.69) is 4.90 Å². The monoisotopic (exact) mass is 307 g/mol. The van der Waals surface area contributed by atoms with E-state index in [-0.39, 0.29) is 12.1 Å². The maximum absolute atomic E-state index is 11.7. The first-order chi connectivity index (χ1) is 10.7. The second-order valence-corrected chi connectivity index (χ2v) is 5.61. The van der Waals surface area contributed by atoms with Gasteiger partial charge in [0.15, 0.2) is 0 Å². The van der Waals surface area contributed by atoms with Gasteiger partial charge in [0.25, 0.3) is 0 Å². The highest BCUT2D eigenvalue weighted by atomic mass is 16.5. The molecule has 1 heterocycles. The molecule has 0 amide bonds. The van der Waals surface area contributed by atoms with Crippen molar-refractivity contribution in [2.24, 2.45) is 0 Å². The lowest BCUT2D eigenvalue weighted by Crippen LogP contribution is -2.40. The van der Waals surface area contributed by atoms with E-state index in [1.54, 1.807) is 0 Å². The smallest absolute Gasteiger partial charge is 0.306 e. The van der Waals surface area contributed by atoms with E-state index in [0.29, 0.717) is 32.4 Å². The van der Waals surface area contributed by atoms with E-state index in [1.807, 2.05) is 30.3 Å². The number of ether oxygens (including phenoxy) is 2. The number of rotatable bonds is 8. The standard InChI is InChI=1S/C17H25NO4/c19-16(13-18-9-11-21-12-10-18)7-4-8-17(20)22-14-15-5-2-1-3-6-15/h1-3,5-6,16,19H,4,7-14H2. The Hall–Kier alpha value is -1.43. The molecule has 0 aliphatic carbocycles. The fourth-order valence-corrected chi connectivity index (χ4v) is 2.47. The van der Waals surface area contributed by atoms with Gasteiger partial charge in [-0.05, 0) is 18.4 Å². The lowest BCUT2D eigenvalue weighted by molar-refractivity contribution is -0.145. The minimum atomic E-state index is -0.389. The van der Waals surface area contributed by atoms with Crippen molar-refractivity contribution in [1.29, 1.82) is 0 Å². The maximum Gasteiger partial charge on any atom is 0.306 e. The normalized spacial score (nSPS) is 17.1. The summed E-state index contributed by atoms with van der Waals surface area (Å²) in [7, 11) is 0. The molecule has 1 atom stereocenters. The summed E-state index contributed by atoms with van der Waals surface area (Å²) < 4.78 is 10.5. The van der Waals surface area contributed by atoms with E-state index >= 15 is 0 Å². The average Bonchev–Trinajstić information content (AvgIpc) is 2.55. The van der Waals surface area contributed by atoms with Gasteiger partial charge in [-0.1, -0.05) is 30.3 Å². The molecule has 1 aliphatic heterocycles. The molecule has 5 nitrogen and oxygen atoms in total. The van der Waals surface area contributed by atoms with Crippen molar-refractivity contribution in [2.75, 3.05) is 32.8 Å². The third kappa shape index (κ3) is 6.56. The van der Waals surface area contributed by atoms with Crippen LogP contribution in [0.3, 0.4) is 0 Å². The van der Waals surface area contributed by atoms with Crippen LogP contribution in [0.4, 0.5) is 0 Å². The van der Waals surface area contributed by atoms with Gasteiger partial charge in [0, 0.05) is 26.1 Å². The number of carbonyl (C=O) groups is 1. The summed E-state index contributed by atoms with van der Waals surface area (Å²) in [6, 6.07) is 9.64. The Kier molecular flexibility index (Phi) is 7.36. The van der Waals surface area contributed by atoms with Crippen LogP contribution < -0.4 is 0 Å². The van der Waals surface area contributed by atoms with Crippen molar-refractivity contribution in [3.63, 3.8) is 0 Å². The molecule has 0 saturated carbocycles. The van der Waals surface area contributed by atoms with Crippen molar-refractivity contribution in [3.05, 3.63) is 35.9 Å². The molecule has 0 radical (unpaired) electrons. The molecule has 1 saturated heterocycles. The molecule has 22 heavy (non-hydrogen) atoms. The molecule has 0 bridgehead atoms. The summed E-state index contributed by atoms with van der Waals surface area (Å²) in [6.07, 6.45) is 1.24. The van der Waals surface area contributed by atoms with Gasteiger partial charge in [0.1, 0.15) is 6.61 Å². The Bertz CT molecular complexity index is 432. The second kappa shape index (κ2) is 9.56. The van der Waals surface area contributed by atoms with Crippen molar-refractivity contribution < 1.29 is 19.4 Å². The van der Waals surface area contributed by atoms with Crippen molar-refractivity contribution >= 4 is 5.97 Å². The Balaban J connectivity index is 1.54.